The average Bonchev–Trinajstić information content (AvgIpc) is 1.41. The Kier molecular flexibility index (Phi) is 70.2. The molecule has 0 aliphatic rings. The van der Waals surface area contributed by atoms with Gasteiger partial charge in [0.05, 0.1) is 0 Å². The Morgan fingerprint density at radius 3 is 1.00 bits per heavy atom. The molecule has 0 spiro atoms. The topological polar surface area (TPSA) is 0 Å². The van der Waals surface area contributed by atoms with Gasteiger partial charge in [0.2, 0.25) is 0 Å². The first-order chi connectivity index (χ1) is 2.73. The van der Waals surface area contributed by atoms with E-state index in [-0.39, 0.29) is 40.0 Å². The minimum atomic E-state index is -3.08. The van der Waals surface area contributed by atoms with E-state index in [2.05, 4.69) is 0 Å². The maximum Gasteiger partial charge on any atom is 2.00 e. The van der Waals surface area contributed by atoms with Crippen LogP contribution in [0.25, 0.3) is 0 Å². The van der Waals surface area contributed by atoms with Crippen LogP contribution in [0.1, 0.15) is 13.8 Å². The van der Waals surface area contributed by atoms with Crippen molar-refractivity contribution in [3.05, 3.63) is 6.68 Å². The first kappa shape index (κ1) is 23.0. The zero-order chi connectivity index (χ0) is 5.58. The molecule has 0 bridgehead atoms. The molecule has 0 fully saturated rings. The summed E-state index contributed by atoms with van der Waals surface area (Å²) in [5.74, 6) is 0. The fourth-order valence-corrected chi connectivity index (χ4v) is 0. The number of rotatable bonds is 0. The normalized spacial score (nSPS) is 5.25. The molecular weight excluding hydrogens is 197 g/mol. The monoisotopic (exact) mass is 202 g/mol. The van der Waals surface area contributed by atoms with Gasteiger partial charge in [0.15, 0.2) is 6.68 Å². The maximum absolute atomic E-state index is 9.58. The van der Waals surface area contributed by atoms with Crippen molar-refractivity contribution >= 4 is 23.1 Å². The van der Waals surface area contributed by atoms with E-state index < -0.39 is 6.68 Å². The van der Waals surface area contributed by atoms with Gasteiger partial charge in [-0.05, 0) is 0 Å². The van der Waals surface area contributed by atoms with E-state index in [0.29, 0.717) is 0 Å². The van der Waals surface area contributed by atoms with Gasteiger partial charge in [-0.25, -0.2) is 0 Å². The van der Waals surface area contributed by atoms with Crippen molar-refractivity contribution in [1.82, 2.24) is 0 Å². The molecule has 0 saturated carbocycles. The SMILES string of the molecule is CC.F[C-](F)F.[Br-].[Mg+2]. The van der Waals surface area contributed by atoms with Gasteiger partial charge < -0.3 is 30.2 Å². The van der Waals surface area contributed by atoms with Gasteiger partial charge in [0.1, 0.15) is 0 Å². The van der Waals surface area contributed by atoms with Crippen LogP contribution in [0.4, 0.5) is 13.2 Å². The zero-order valence-corrected chi connectivity index (χ0v) is 7.72. The van der Waals surface area contributed by atoms with Crippen LogP contribution in [0.15, 0.2) is 0 Å². The molecule has 0 rings (SSSR count). The zero-order valence-electron chi connectivity index (χ0n) is 4.72. The van der Waals surface area contributed by atoms with Crippen molar-refractivity contribution in [2.24, 2.45) is 0 Å². The van der Waals surface area contributed by atoms with E-state index in [1.165, 1.54) is 0 Å². The fourth-order valence-electron chi connectivity index (χ4n) is 0. The first-order valence-electron chi connectivity index (χ1n) is 1.57. The molecule has 0 aromatic rings. The summed E-state index contributed by atoms with van der Waals surface area (Å²) in [4.78, 5) is 0. The predicted octanol–water partition coefficient (Wildman–Crippen LogP) is -1.01. The second-order valence-corrected chi connectivity index (χ2v) is 0.214. The largest absolute Gasteiger partial charge is 2.00 e. The van der Waals surface area contributed by atoms with Crippen LogP contribution in [0.2, 0.25) is 0 Å². The summed E-state index contributed by atoms with van der Waals surface area (Å²) >= 11 is 0. The first-order valence-corrected chi connectivity index (χ1v) is 1.57. The molecule has 0 heterocycles. The summed E-state index contributed by atoms with van der Waals surface area (Å²) < 4.78 is 28.8. The molecule has 0 aliphatic heterocycles. The smallest absolute Gasteiger partial charge is 1.00 e. The Morgan fingerprint density at radius 2 is 1.00 bits per heavy atom. The molecule has 0 unspecified atom stereocenters. The van der Waals surface area contributed by atoms with Gasteiger partial charge in [-0.1, -0.05) is 13.8 Å². The standard InChI is InChI=1S/C2H6.CF3.BrH.Mg/c1-2;2-1(3)4;;/h1-2H3;;1H;/q;-1;;+2/p-1. The van der Waals surface area contributed by atoms with Crippen molar-refractivity contribution in [2.45, 2.75) is 13.8 Å². The number of hydrogen-bond acceptors (Lipinski definition) is 0. The van der Waals surface area contributed by atoms with E-state index >= 15 is 0 Å². The molecule has 0 radical (unpaired) electrons. The van der Waals surface area contributed by atoms with Crippen LogP contribution in [-0.4, -0.2) is 23.1 Å². The molecular formula is C3H6BrF3Mg. The molecule has 0 atom stereocenters. The summed E-state index contributed by atoms with van der Waals surface area (Å²) in [7, 11) is 0. The van der Waals surface area contributed by atoms with Crippen molar-refractivity contribution in [2.75, 3.05) is 0 Å². The summed E-state index contributed by atoms with van der Waals surface area (Å²) in [6.45, 7) is 0.917. The third-order valence-corrected chi connectivity index (χ3v) is 0. The van der Waals surface area contributed by atoms with Crippen LogP contribution >= 0.6 is 0 Å². The Morgan fingerprint density at radius 1 is 1.00 bits per heavy atom. The third-order valence-electron chi connectivity index (χ3n) is 0. The Labute approximate surface area is 73.8 Å². The van der Waals surface area contributed by atoms with Crippen molar-refractivity contribution in [1.29, 1.82) is 0 Å². The molecule has 0 nitrogen and oxygen atoms in total. The van der Waals surface area contributed by atoms with Gasteiger partial charge in [0.25, 0.3) is 0 Å². The minimum Gasteiger partial charge on any atom is -1.00 e. The van der Waals surface area contributed by atoms with Gasteiger partial charge in [-0.2, -0.15) is 0 Å². The van der Waals surface area contributed by atoms with E-state index in [4.69, 9.17) is 0 Å². The van der Waals surface area contributed by atoms with Gasteiger partial charge in [-0.15, -0.1) is 0 Å². The second-order valence-electron chi connectivity index (χ2n) is 0.214. The van der Waals surface area contributed by atoms with Crippen molar-refractivity contribution in [3.8, 4) is 0 Å². The van der Waals surface area contributed by atoms with Crippen LogP contribution in [0.3, 0.4) is 0 Å². The van der Waals surface area contributed by atoms with Gasteiger partial charge >= 0.3 is 23.1 Å². The summed E-state index contributed by atoms with van der Waals surface area (Å²) in [5.41, 5.74) is 0. The van der Waals surface area contributed by atoms with Gasteiger partial charge in [0, 0.05) is 0 Å². The molecule has 48 valence electrons. The quantitative estimate of drug-likeness (QED) is 0.350. The summed E-state index contributed by atoms with van der Waals surface area (Å²) in [5, 5.41) is 0. The molecule has 0 saturated heterocycles. The van der Waals surface area contributed by atoms with Crippen molar-refractivity contribution in [3.63, 3.8) is 0 Å². The number of hydrogen-bond donors (Lipinski definition) is 0. The Bertz CT molecular complexity index is 19.2. The number of halogens is 4. The Balaban J connectivity index is -0.0000000183. The van der Waals surface area contributed by atoms with Crippen LogP contribution in [0.5, 0.6) is 0 Å². The average molecular weight is 203 g/mol. The van der Waals surface area contributed by atoms with Gasteiger partial charge in [-0.3, -0.25) is 0 Å². The minimum absolute atomic E-state index is 0. The maximum atomic E-state index is 9.58. The predicted molar refractivity (Wildman–Crippen MR) is 23.7 cm³/mol. The van der Waals surface area contributed by atoms with Crippen LogP contribution < -0.4 is 17.0 Å². The van der Waals surface area contributed by atoms with Crippen LogP contribution in [0, 0.1) is 6.68 Å². The molecule has 0 aromatic heterocycles. The molecule has 0 aliphatic carbocycles. The van der Waals surface area contributed by atoms with E-state index in [9.17, 15) is 13.2 Å². The molecule has 0 N–H and O–H groups in total. The third kappa shape index (κ3) is 239. The van der Waals surface area contributed by atoms with Crippen LogP contribution in [-0.2, 0) is 0 Å². The molecule has 8 heavy (non-hydrogen) atoms. The van der Waals surface area contributed by atoms with Crippen molar-refractivity contribution < 1.29 is 30.2 Å². The Hall–Kier alpha value is 1.04. The summed E-state index contributed by atoms with van der Waals surface area (Å²) in [6, 6.07) is 0. The molecule has 0 aromatic carbocycles. The van der Waals surface area contributed by atoms with E-state index in [0.717, 1.165) is 0 Å². The molecule has 0 amide bonds. The second kappa shape index (κ2) is 24.4. The van der Waals surface area contributed by atoms with E-state index in [1.54, 1.807) is 0 Å². The molecule has 5 heteroatoms. The fraction of sp³-hybridized carbons (Fsp3) is 0.667. The summed E-state index contributed by atoms with van der Waals surface area (Å²) in [6.07, 6.45) is 0. The van der Waals surface area contributed by atoms with E-state index in [1.807, 2.05) is 13.8 Å².